The van der Waals surface area contributed by atoms with Crippen LogP contribution >= 0.6 is 0 Å². The van der Waals surface area contributed by atoms with Gasteiger partial charge < -0.3 is 9.84 Å². The molecule has 0 aliphatic rings. The molecule has 0 saturated heterocycles. The van der Waals surface area contributed by atoms with E-state index in [9.17, 15) is 4.79 Å². The Hall–Kier alpha value is -2.21. The highest BCUT2D eigenvalue weighted by molar-refractivity contribution is 5.90. The molecule has 6 nitrogen and oxygen atoms in total. The maximum absolute atomic E-state index is 11.9. The highest BCUT2D eigenvalue weighted by Gasteiger charge is 2.12. The van der Waals surface area contributed by atoms with Gasteiger partial charge in [0.2, 0.25) is 0 Å². The number of esters is 1. The third-order valence-electron chi connectivity index (χ3n) is 3.20. The Bertz CT molecular complexity index is 622. The van der Waals surface area contributed by atoms with Crippen LogP contribution in [-0.2, 0) is 11.3 Å². The average Bonchev–Trinajstić information content (AvgIpc) is 2.88. The Morgan fingerprint density at radius 1 is 1.43 bits per heavy atom. The van der Waals surface area contributed by atoms with Crippen LogP contribution < -0.4 is 0 Å². The van der Waals surface area contributed by atoms with E-state index in [1.807, 2.05) is 19.9 Å². The van der Waals surface area contributed by atoms with Crippen molar-refractivity contribution in [2.24, 2.45) is 0 Å². The van der Waals surface area contributed by atoms with E-state index in [0.29, 0.717) is 23.6 Å². The molecule has 0 saturated carbocycles. The fourth-order valence-electron chi connectivity index (χ4n) is 1.91. The van der Waals surface area contributed by atoms with Gasteiger partial charge in [0.1, 0.15) is 5.69 Å². The topological polar surface area (TPSA) is 77.2 Å². The van der Waals surface area contributed by atoms with Crippen molar-refractivity contribution in [3.8, 4) is 5.69 Å². The second-order valence-electron chi connectivity index (χ2n) is 4.73. The summed E-state index contributed by atoms with van der Waals surface area (Å²) in [7, 11) is 0. The lowest BCUT2D eigenvalue weighted by molar-refractivity contribution is 0.0499. The summed E-state index contributed by atoms with van der Waals surface area (Å²) in [5.41, 5.74) is 2.45. The third kappa shape index (κ3) is 3.46. The van der Waals surface area contributed by atoms with E-state index in [1.165, 1.54) is 0 Å². The molecule has 0 unspecified atom stereocenters. The van der Waals surface area contributed by atoms with Gasteiger partial charge in [0, 0.05) is 0 Å². The normalized spacial score (nSPS) is 10.6. The number of aromatic nitrogens is 3. The molecule has 0 fully saturated rings. The van der Waals surface area contributed by atoms with Gasteiger partial charge in [0.15, 0.2) is 0 Å². The third-order valence-corrected chi connectivity index (χ3v) is 3.20. The first kappa shape index (κ1) is 15.2. The Balaban J connectivity index is 2.21. The summed E-state index contributed by atoms with van der Waals surface area (Å²) in [5.74, 6) is -0.342. The number of hydrogen-bond donors (Lipinski definition) is 1. The van der Waals surface area contributed by atoms with Crippen LogP contribution in [0, 0.1) is 6.92 Å². The molecule has 0 radical (unpaired) electrons. The zero-order chi connectivity index (χ0) is 15.2. The molecule has 0 spiro atoms. The van der Waals surface area contributed by atoms with Crippen molar-refractivity contribution in [2.75, 3.05) is 6.61 Å². The van der Waals surface area contributed by atoms with Gasteiger partial charge in [-0.25, -0.2) is 9.48 Å². The minimum atomic E-state index is -0.342. The molecule has 2 aromatic rings. The van der Waals surface area contributed by atoms with Gasteiger partial charge in [-0.15, -0.1) is 5.10 Å². The van der Waals surface area contributed by atoms with Gasteiger partial charge in [-0.2, -0.15) is 0 Å². The summed E-state index contributed by atoms with van der Waals surface area (Å²) in [4.78, 5) is 11.9. The minimum Gasteiger partial charge on any atom is -0.462 e. The molecule has 112 valence electrons. The van der Waals surface area contributed by atoms with Crippen molar-refractivity contribution in [1.29, 1.82) is 0 Å². The van der Waals surface area contributed by atoms with E-state index < -0.39 is 0 Å². The molecule has 1 aromatic carbocycles. The Labute approximate surface area is 123 Å². The van der Waals surface area contributed by atoms with Gasteiger partial charge in [-0.3, -0.25) is 0 Å². The van der Waals surface area contributed by atoms with Crippen LogP contribution in [0.15, 0.2) is 24.3 Å². The first-order valence-electron chi connectivity index (χ1n) is 6.97. The summed E-state index contributed by atoms with van der Waals surface area (Å²) >= 11 is 0. The first-order valence-corrected chi connectivity index (χ1v) is 6.97. The second kappa shape index (κ2) is 6.99. The van der Waals surface area contributed by atoms with Gasteiger partial charge in [0.05, 0.1) is 30.2 Å². The van der Waals surface area contributed by atoms with Crippen molar-refractivity contribution >= 4 is 5.97 Å². The van der Waals surface area contributed by atoms with E-state index in [0.717, 1.165) is 18.5 Å². The lowest BCUT2D eigenvalue weighted by Crippen LogP contribution is -2.08. The Kier molecular flexibility index (Phi) is 5.05. The van der Waals surface area contributed by atoms with Crippen molar-refractivity contribution in [1.82, 2.24) is 15.0 Å². The summed E-state index contributed by atoms with van der Waals surface area (Å²) in [5, 5.41) is 17.0. The summed E-state index contributed by atoms with van der Waals surface area (Å²) in [6.07, 6.45) is 1.84. The zero-order valence-corrected chi connectivity index (χ0v) is 12.2. The summed E-state index contributed by atoms with van der Waals surface area (Å²) in [6, 6.07) is 7.01. The standard InChI is InChI=1S/C15H19N3O3/c1-3-4-8-21-15(20)12-6-5-7-13(9-12)18-11(2)14(10-19)16-17-18/h5-7,9,19H,3-4,8,10H2,1-2H3. The molecular weight excluding hydrogens is 270 g/mol. The zero-order valence-electron chi connectivity index (χ0n) is 12.2. The molecule has 0 aliphatic heterocycles. The molecule has 1 aromatic heterocycles. The van der Waals surface area contributed by atoms with Crippen LogP contribution in [-0.4, -0.2) is 32.7 Å². The van der Waals surface area contributed by atoms with E-state index in [-0.39, 0.29) is 12.6 Å². The lowest BCUT2D eigenvalue weighted by atomic mass is 10.2. The van der Waals surface area contributed by atoms with Gasteiger partial charge >= 0.3 is 5.97 Å². The lowest BCUT2D eigenvalue weighted by Gasteiger charge is -2.07. The van der Waals surface area contributed by atoms with Crippen LogP contribution in [0.4, 0.5) is 0 Å². The van der Waals surface area contributed by atoms with Crippen LogP contribution in [0.2, 0.25) is 0 Å². The minimum absolute atomic E-state index is 0.162. The number of benzene rings is 1. The van der Waals surface area contributed by atoms with E-state index in [1.54, 1.807) is 22.9 Å². The number of carbonyl (C=O) groups excluding carboxylic acids is 1. The predicted octanol–water partition coefficient (Wildman–Crippen LogP) is 2.02. The van der Waals surface area contributed by atoms with Crippen molar-refractivity contribution in [3.05, 3.63) is 41.2 Å². The number of ether oxygens (including phenoxy) is 1. The van der Waals surface area contributed by atoms with Crippen molar-refractivity contribution in [3.63, 3.8) is 0 Å². The van der Waals surface area contributed by atoms with E-state index in [4.69, 9.17) is 9.84 Å². The number of nitrogens with zero attached hydrogens (tertiary/aromatic N) is 3. The molecule has 1 heterocycles. The molecule has 0 bridgehead atoms. The van der Waals surface area contributed by atoms with Crippen LogP contribution in [0.3, 0.4) is 0 Å². The Morgan fingerprint density at radius 2 is 2.24 bits per heavy atom. The van der Waals surface area contributed by atoms with Crippen molar-refractivity contribution < 1.29 is 14.6 Å². The van der Waals surface area contributed by atoms with Crippen LogP contribution in [0.5, 0.6) is 0 Å². The number of carbonyl (C=O) groups is 1. The first-order chi connectivity index (χ1) is 10.2. The quantitative estimate of drug-likeness (QED) is 0.650. The van der Waals surface area contributed by atoms with Crippen molar-refractivity contribution in [2.45, 2.75) is 33.3 Å². The second-order valence-corrected chi connectivity index (χ2v) is 4.73. The number of aliphatic hydroxyl groups excluding tert-OH is 1. The predicted molar refractivity (Wildman–Crippen MR) is 77.2 cm³/mol. The molecular formula is C15H19N3O3. The average molecular weight is 289 g/mol. The molecule has 0 amide bonds. The number of rotatable bonds is 6. The molecule has 2 rings (SSSR count). The number of aliphatic hydroxyl groups is 1. The smallest absolute Gasteiger partial charge is 0.338 e. The highest BCUT2D eigenvalue weighted by Crippen LogP contribution is 2.14. The van der Waals surface area contributed by atoms with E-state index >= 15 is 0 Å². The van der Waals surface area contributed by atoms with Gasteiger partial charge in [0.25, 0.3) is 0 Å². The fraction of sp³-hybridized carbons (Fsp3) is 0.400. The van der Waals surface area contributed by atoms with Gasteiger partial charge in [-0.1, -0.05) is 24.6 Å². The van der Waals surface area contributed by atoms with Crippen LogP contribution in [0.1, 0.15) is 41.5 Å². The highest BCUT2D eigenvalue weighted by atomic mass is 16.5. The van der Waals surface area contributed by atoms with E-state index in [2.05, 4.69) is 10.3 Å². The SMILES string of the molecule is CCCCOC(=O)c1cccc(-n2nnc(CO)c2C)c1. The molecule has 21 heavy (non-hydrogen) atoms. The molecule has 0 aliphatic carbocycles. The van der Waals surface area contributed by atoms with Gasteiger partial charge in [-0.05, 0) is 31.5 Å². The molecule has 0 atom stereocenters. The van der Waals surface area contributed by atoms with Crippen LogP contribution in [0.25, 0.3) is 5.69 Å². The summed E-state index contributed by atoms with van der Waals surface area (Å²) in [6.45, 7) is 4.12. The number of unbranched alkanes of at least 4 members (excludes halogenated alkanes) is 1. The summed E-state index contributed by atoms with van der Waals surface area (Å²) < 4.78 is 6.78. The monoisotopic (exact) mass is 289 g/mol. The fourth-order valence-corrected chi connectivity index (χ4v) is 1.91. The molecule has 1 N–H and O–H groups in total. The largest absolute Gasteiger partial charge is 0.462 e. The molecule has 6 heteroatoms. The maximum Gasteiger partial charge on any atom is 0.338 e. The Morgan fingerprint density at radius 3 is 2.90 bits per heavy atom. The number of hydrogen-bond acceptors (Lipinski definition) is 5. The maximum atomic E-state index is 11.9.